The number of amides is 2. The fourth-order valence-corrected chi connectivity index (χ4v) is 3.55. The van der Waals surface area contributed by atoms with Crippen LogP contribution in [0.2, 0.25) is 0 Å². The zero-order valence-electron chi connectivity index (χ0n) is 19.2. The minimum Gasteiger partial charge on any atom is -0.480 e. The molecule has 0 radical (unpaired) electrons. The van der Waals surface area contributed by atoms with Crippen molar-refractivity contribution in [2.75, 3.05) is 12.4 Å². The van der Waals surface area contributed by atoms with Crippen LogP contribution < -0.4 is 15.4 Å². The van der Waals surface area contributed by atoms with E-state index in [0.717, 1.165) is 16.7 Å². The van der Waals surface area contributed by atoms with Gasteiger partial charge in [0.2, 0.25) is 0 Å². The number of aromatic nitrogens is 1. The van der Waals surface area contributed by atoms with Gasteiger partial charge in [-0.1, -0.05) is 66.7 Å². The Kier molecular flexibility index (Phi) is 7.70. The molecule has 0 aliphatic heterocycles. The maximum atomic E-state index is 12.6. The Labute approximate surface area is 203 Å². The molecule has 3 aromatic carbocycles. The third kappa shape index (κ3) is 6.23. The first-order chi connectivity index (χ1) is 17.1. The first kappa shape index (κ1) is 23.5. The lowest BCUT2D eigenvalue weighted by molar-refractivity contribution is 0.0594. The van der Waals surface area contributed by atoms with Crippen molar-refractivity contribution >= 4 is 17.7 Å². The molecule has 0 aliphatic rings. The molecule has 0 unspecified atom stereocenters. The number of nitrogens with one attached hydrogen (secondary N) is 2. The van der Waals surface area contributed by atoms with Crippen LogP contribution in [0.25, 0.3) is 0 Å². The molecule has 0 spiro atoms. The molecule has 0 aliphatic carbocycles. The molecule has 1 heterocycles. The zero-order chi connectivity index (χ0) is 24.5. The lowest BCUT2D eigenvalue weighted by Gasteiger charge is -2.22. The van der Waals surface area contributed by atoms with Gasteiger partial charge < -0.3 is 20.1 Å². The fraction of sp³-hybridized carbons (Fsp3) is 0.107. The third-order valence-electron chi connectivity index (χ3n) is 5.27. The minimum absolute atomic E-state index is 0.203. The molecule has 2 N–H and O–H groups in total. The van der Waals surface area contributed by atoms with Gasteiger partial charge in [0.05, 0.1) is 7.11 Å². The number of hydrogen-bond donors (Lipinski definition) is 2. The summed E-state index contributed by atoms with van der Waals surface area (Å²) in [6.07, 6.45) is 2.90. The van der Waals surface area contributed by atoms with Crippen molar-refractivity contribution in [2.45, 2.75) is 12.6 Å². The average molecular weight is 468 g/mol. The number of ether oxygens (including phenoxy) is 2. The third-order valence-corrected chi connectivity index (χ3v) is 5.27. The average Bonchev–Trinajstić information content (AvgIpc) is 2.92. The summed E-state index contributed by atoms with van der Waals surface area (Å²) in [5, 5.41) is 5.50. The molecule has 7 heteroatoms. The molecule has 7 nitrogen and oxygen atoms in total. The SMILES string of the molecule is COC(=O)c1cc(NC(=O)NCc2cccnc2)ccc1OC(c1ccccc1)c1ccccc1. The molecule has 1 aromatic heterocycles. The van der Waals surface area contributed by atoms with Gasteiger partial charge >= 0.3 is 12.0 Å². The van der Waals surface area contributed by atoms with Crippen molar-refractivity contribution in [1.82, 2.24) is 10.3 Å². The Morgan fingerprint density at radius 3 is 2.17 bits per heavy atom. The van der Waals surface area contributed by atoms with Crippen LogP contribution in [-0.2, 0) is 11.3 Å². The molecular weight excluding hydrogens is 442 g/mol. The number of carbonyl (C=O) groups is 2. The monoisotopic (exact) mass is 467 g/mol. The number of hydrogen-bond acceptors (Lipinski definition) is 5. The highest BCUT2D eigenvalue weighted by Crippen LogP contribution is 2.32. The highest BCUT2D eigenvalue weighted by Gasteiger charge is 2.21. The van der Waals surface area contributed by atoms with Crippen molar-refractivity contribution < 1.29 is 19.1 Å². The van der Waals surface area contributed by atoms with Crippen LogP contribution in [-0.4, -0.2) is 24.1 Å². The van der Waals surface area contributed by atoms with E-state index in [2.05, 4.69) is 15.6 Å². The number of methoxy groups -OCH3 is 1. The second kappa shape index (κ2) is 11.5. The molecular formula is C28H25N3O4. The molecule has 0 atom stereocenters. The van der Waals surface area contributed by atoms with E-state index in [1.54, 1.807) is 30.6 Å². The van der Waals surface area contributed by atoms with E-state index < -0.39 is 18.1 Å². The van der Waals surface area contributed by atoms with Crippen molar-refractivity contribution in [1.29, 1.82) is 0 Å². The Hall–Kier alpha value is -4.65. The van der Waals surface area contributed by atoms with Gasteiger partial charge in [-0.25, -0.2) is 9.59 Å². The standard InChI is InChI=1S/C28H25N3O4/c1-34-27(32)24-17-23(31-28(33)30-19-20-9-8-16-29-18-20)14-15-25(24)35-26(21-10-4-2-5-11-21)22-12-6-3-7-13-22/h2-18,26H,19H2,1H3,(H2,30,31,33). The molecule has 4 rings (SSSR count). The van der Waals surface area contributed by atoms with Gasteiger partial charge in [0.15, 0.2) is 0 Å². The molecule has 4 aromatic rings. The fourth-order valence-electron chi connectivity index (χ4n) is 3.55. The largest absolute Gasteiger partial charge is 0.480 e. The van der Waals surface area contributed by atoms with E-state index in [9.17, 15) is 9.59 Å². The number of nitrogens with zero attached hydrogens (tertiary/aromatic N) is 1. The zero-order valence-corrected chi connectivity index (χ0v) is 19.2. The van der Waals surface area contributed by atoms with E-state index in [1.807, 2.05) is 66.7 Å². The Morgan fingerprint density at radius 2 is 1.57 bits per heavy atom. The topological polar surface area (TPSA) is 89.5 Å². The van der Waals surface area contributed by atoms with Crippen molar-refractivity contribution in [3.8, 4) is 5.75 Å². The van der Waals surface area contributed by atoms with Gasteiger partial charge in [-0.2, -0.15) is 0 Å². The second-order valence-corrected chi connectivity index (χ2v) is 7.69. The van der Waals surface area contributed by atoms with Gasteiger partial charge in [-0.15, -0.1) is 0 Å². The van der Waals surface area contributed by atoms with Crippen LogP contribution in [0.1, 0.15) is 33.2 Å². The van der Waals surface area contributed by atoms with Gasteiger partial charge in [0.1, 0.15) is 17.4 Å². The first-order valence-corrected chi connectivity index (χ1v) is 11.1. The van der Waals surface area contributed by atoms with Gasteiger partial charge in [0, 0.05) is 24.6 Å². The Morgan fingerprint density at radius 1 is 0.886 bits per heavy atom. The molecule has 0 fully saturated rings. The number of urea groups is 1. The lowest BCUT2D eigenvalue weighted by Crippen LogP contribution is -2.28. The van der Waals surface area contributed by atoms with Crippen molar-refractivity contribution in [3.63, 3.8) is 0 Å². The number of esters is 1. The van der Waals surface area contributed by atoms with Gasteiger partial charge in [0.25, 0.3) is 0 Å². The highest BCUT2D eigenvalue weighted by molar-refractivity contribution is 5.96. The number of benzene rings is 3. The Bertz CT molecular complexity index is 1230. The summed E-state index contributed by atoms with van der Waals surface area (Å²) in [7, 11) is 1.30. The summed E-state index contributed by atoms with van der Waals surface area (Å²) in [4.78, 5) is 29.0. The molecule has 35 heavy (non-hydrogen) atoms. The maximum Gasteiger partial charge on any atom is 0.341 e. The van der Waals surface area contributed by atoms with E-state index in [1.165, 1.54) is 13.2 Å². The van der Waals surface area contributed by atoms with Crippen LogP contribution in [0.4, 0.5) is 10.5 Å². The number of anilines is 1. The predicted molar refractivity (Wildman–Crippen MR) is 133 cm³/mol. The normalized spacial score (nSPS) is 10.5. The molecule has 2 amide bonds. The lowest BCUT2D eigenvalue weighted by atomic mass is 10.0. The van der Waals surface area contributed by atoms with E-state index in [0.29, 0.717) is 18.0 Å². The second-order valence-electron chi connectivity index (χ2n) is 7.69. The Balaban J connectivity index is 1.56. The summed E-state index contributed by atoms with van der Waals surface area (Å²) in [5.41, 5.74) is 3.37. The number of pyridine rings is 1. The summed E-state index contributed by atoms with van der Waals surface area (Å²) in [6.45, 7) is 0.320. The van der Waals surface area contributed by atoms with Crippen molar-refractivity contribution in [3.05, 3.63) is 126 Å². The van der Waals surface area contributed by atoms with Crippen LogP contribution >= 0.6 is 0 Å². The van der Waals surface area contributed by atoms with Crippen LogP contribution in [0.5, 0.6) is 5.75 Å². The van der Waals surface area contributed by atoms with Gasteiger partial charge in [-0.05, 0) is 41.0 Å². The van der Waals surface area contributed by atoms with E-state index in [4.69, 9.17) is 9.47 Å². The maximum absolute atomic E-state index is 12.6. The van der Waals surface area contributed by atoms with E-state index in [-0.39, 0.29) is 5.56 Å². The summed E-state index contributed by atoms with van der Waals surface area (Å²) < 4.78 is 11.4. The summed E-state index contributed by atoms with van der Waals surface area (Å²) in [6, 6.07) is 27.6. The minimum atomic E-state index is -0.570. The molecule has 0 bridgehead atoms. The van der Waals surface area contributed by atoms with E-state index >= 15 is 0 Å². The molecule has 176 valence electrons. The molecule has 0 saturated heterocycles. The number of carbonyl (C=O) groups excluding carboxylic acids is 2. The van der Waals surface area contributed by atoms with Crippen LogP contribution in [0.3, 0.4) is 0 Å². The quantitative estimate of drug-likeness (QED) is 0.341. The summed E-state index contributed by atoms with van der Waals surface area (Å²) >= 11 is 0. The molecule has 0 saturated carbocycles. The van der Waals surface area contributed by atoms with Crippen LogP contribution in [0.15, 0.2) is 103 Å². The smallest absolute Gasteiger partial charge is 0.341 e. The van der Waals surface area contributed by atoms with Crippen molar-refractivity contribution in [2.24, 2.45) is 0 Å². The highest BCUT2D eigenvalue weighted by atomic mass is 16.5. The summed E-state index contributed by atoms with van der Waals surface area (Å²) in [5.74, 6) is -0.227. The first-order valence-electron chi connectivity index (χ1n) is 11.1. The van der Waals surface area contributed by atoms with Crippen LogP contribution in [0, 0.1) is 0 Å². The van der Waals surface area contributed by atoms with Gasteiger partial charge in [-0.3, -0.25) is 4.98 Å². The predicted octanol–water partition coefficient (Wildman–Crippen LogP) is 5.36. The number of rotatable bonds is 8.